The number of hydrogen-bond donors (Lipinski definition) is 0. The number of hydrogen-bond acceptors (Lipinski definition) is 4. The van der Waals surface area contributed by atoms with E-state index in [9.17, 15) is 0 Å². The maximum Gasteiger partial charge on any atom is 0.141 e. The van der Waals surface area contributed by atoms with Gasteiger partial charge in [-0.2, -0.15) is 10.4 Å². The highest BCUT2D eigenvalue weighted by molar-refractivity contribution is 4.98. The molecule has 86 valence electrons. The first-order chi connectivity index (χ1) is 7.85. The highest BCUT2D eigenvalue weighted by atomic mass is 15.3. The van der Waals surface area contributed by atoms with Crippen molar-refractivity contribution in [2.75, 3.05) is 6.54 Å². The number of nitrogens with zero attached hydrogens (tertiary/aromatic N) is 5. The van der Waals surface area contributed by atoms with E-state index in [1.54, 1.807) is 6.33 Å². The molecule has 0 bridgehead atoms. The van der Waals surface area contributed by atoms with E-state index in [2.05, 4.69) is 28.0 Å². The van der Waals surface area contributed by atoms with Crippen LogP contribution in [0.4, 0.5) is 0 Å². The van der Waals surface area contributed by atoms with Gasteiger partial charge in [0.25, 0.3) is 0 Å². The third-order valence-corrected chi connectivity index (χ3v) is 2.99. The smallest absolute Gasteiger partial charge is 0.141 e. The molecule has 16 heavy (non-hydrogen) atoms. The molecule has 0 radical (unpaired) electrons. The number of rotatable bonds is 4. The molecule has 0 saturated carbocycles. The second-order valence-corrected chi connectivity index (χ2v) is 4.16. The predicted octanol–water partition coefficient (Wildman–Crippen LogP) is 1.18. The van der Waals surface area contributed by atoms with Gasteiger partial charge in [0.05, 0.1) is 18.7 Å². The largest absolute Gasteiger partial charge is 0.281 e. The Balaban J connectivity index is 2.03. The van der Waals surface area contributed by atoms with Gasteiger partial charge >= 0.3 is 0 Å². The summed E-state index contributed by atoms with van der Waals surface area (Å²) in [7, 11) is 0. The van der Waals surface area contributed by atoms with Crippen LogP contribution >= 0.6 is 0 Å². The molecule has 5 heteroatoms. The van der Waals surface area contributed by atoms with Crippen LogP contribution in [0.5, 0.6) is 0 Å². The van der Waals surface area contributed by atoms with Crippen LogP contribution in [0.15, 0.2) is 6.33 Å². The minimum absolute atomic E-state index is 0.0618. The van der Waals surface area contributed by atoms with Crippen LogP contribution in [0.2, 0.25) is 0 Å². The fraction of sp³-hybridized carbons (Fsp3) is 0.727. The summed E-state index contributed by atoms with van der Waals surface area (Å²) >= 11 is 0. The molecule has 1 aliphatic heterocycles. The minimum atomic E-state index is 0.0618. The van der Waals surface area contributed by atoms with Crippen molar-refractivity contribution in [3.8, 4) is 6.07 Å². The van der Waals surface area contributed by atoms with Gasteiger partial charge in [0.2, 0.25) is 0 Å². The molecule has 1 aromatic rings. The molecule has 1 unspecified atom stereocenters. The standard InChI is InChI=1S/C11H17N5/c1-2-5-16-11(13-9-14-16)8-15-6-3-4-10(15)7-12/h9-10H,2-6,8H2,1H3. The summed E-state index contributed by atoms with van der Waals surface area (Å²) < 4.78 is 1.94. The van der Waals surface area contributed by atoms with Crippen LogP contribution in [0, 0.1) is 11.3 Å². The topological polar surface area (TPSA) is 57.7 Å². The molecule has 1 aromatic heterocycles. The Labute approximate surface area is 95.7 Å². The van der Waals surface area contributed by atoms with Gasteiger partial charge in [-0.05, 0) is 25.8 Å². The lowest BCUT2D eigenvalue weighted by atomic mass is 10.2. The van der Waals surface area contributed by atoms with E-state index >= 15 is 0 Å². The molecule has 1 atom stereocenters. The van der Waals surface area contributed by atoms with E-state index in [4.69, 9.17) is 5.26 Å². The Kier molecular flexibility index (Phi) is 3.52. The van der Waals surface area contributed by atoms with Crippen LogP contribution in [-0.2, 0) is 13.1 Å². The van der Waals surface area contributed by atoms with E-state index < -0.39 is 0 Å². The van der Waals surface area contributed by atoms with Gasteiger partial charge in [0, 0.05) is 6.54 Å². The molecule has 0 aliphatic carbocycles. The second-order valence-electron chi connectivity index (χ2n) is 4.16. The molecule has 1 fully saturated rings. The van der Waals surface area contributed by atoms with Gasteiger partial charge in [-0.25, -0.2) is 9.67 Å². The highest BCUT2D eigenvalue weighted by Crippen LogP contribution is 2.18. The van der Waals surface area contributed by atoms with E-state index in [0.29, 0.717) is 0 Å². The van der Waals surface area contributed by atoms with Crippen LogP contribution in [0.3, 0.4) is 0 Å². The summed E-state index contributed by atoms with van der Waals surface area (Å²) in [5.41, 5.74) is 0. The third-order valence-electron chi connectivity index (χ3n) is 2.99. The molecular weight excluding hydrogens is 202 g/mol. The third kappa shape index (κ3) is 2.22. The number of aromatic nitrogens is 3. The monoisotopic (exact) mass is 219 g/mol. The molecule has 2 rings (SSSR count). The molecule has 1 saturated heterocycles. The Morgan fingerprint density at radius 2 is 2.50 bits per heavy atom. The molecule has 0 aromatic carbocycles. The van der Waals surface area contributed by atoms with Crippen molar-refractivity contribution in [1.82, 2.24) is 19.7 Å². The fourth-order valence-electron chi connectivity index (χ4n) is 2.15. The SMILES string of the molecule is CCCn1ncnc1CN1CCCC1C#N. The molecular formula is C11H17N5. The van der Waals surface area contributed by atoms with Crippen LogP contribution in [0.25, 0.3) is 0 Å². The van der Waals surface area contributed by atoms with Gasteiger partial charge in [-0.15, -0.1) is 0 Å². The zero-order chi connectivity index (χ0) is 11.4. The first-order valence-electron chi connectivity index (χ1n) is 5.85. The first-order valence-corrected chi connectivity index (χ1v) is 5.85. The van der Waals surface area contributed by atoms with E-state index in [-0.39, 0.29) is 6.04 Å². The molecule has 0 amide bonds. The predicted molar refractivity (Wildman–Crippen MR) is 59.4 cm³/mol. The summed E-state index contributed by atoms with van der Waals surface area (Å²) in [6.07, 6.45) is 4.75. The van der Waals surface area contributed by atoms with E-state index in [0.717, 1.165) is 44.7 Å². The van der Waals surface area contributed by atoms with Crippen molar-refractivity contribution < 1.29 is 0 Å². The molecule has 1 aliphatic rings. The average molecular weight is 219 g/mol. The fourth-order valence-corrected chi connectivity index (χ4v) is 2.15. The maximum absolute atomic E-state index is 9.00. The van der Waals surface area contributed by atoms with Crippen molar-refractivity contribution in [3.63, 3.8) is 0 Å². The lowest BCUT2D eigenvalue weighted by Gasteiger charge is -2.18. The van der Waals surface area contributed by atoms with Crippen molar-refractivity contribution in [2.45, 2.75) is 45.3 Å². The second kappa shape index (κ2) is 5.08. The van der Waals surface area contributed by atoms with Gasteiger partial charge in [-0.3, -0.25) is 4.90 Å². The van der Waals surface area contributed by atoms with Crippen LogP contribution in [0.1, 0.15) is 32.0 Å². The van der Waals surface area contributed by atoms with Crippen molar-refractivity contribution in [2.24, 2.45) is 0 Å². The Morgan fingerprint density at radius 1 is 1.62 bits per heavy atom. The molecule has 2 heterocycles. The average Bonchev–Trinajstić information content (AvgIpc) is 2.89. The van der Waals surface area contributed by atoms with Gasteiger partial charge in [-0.1, -0.05) is 6.92 Å². The summed E-state index contributed by atoms with van der Waals surface area (Å²) in [6, 6.07) is 2.41. The number of likely N-dealkylation sites (tertiary alicyclic amines) is 1. The van der Waals surface area contributed by atoms with Crippen LogP contribution in [-0.4, -0.2) is 32.3 Å². The van der Waals surface area contributed by atoms with Crippen molar-refractivity contribution in [3.05, 3.63) is 12.2 Å². The number of nitriles is 1. The van der Waals surface area contributed by atoms with E-state index in [1.807, 2.05) is 4.68 Å². The highest BCUT2D eigenvalue weighted by Gasteiger charge is 2.25. The Morgan fingerprint density at radius 3 is 3.25 bits per heavy atom. The zero-order valence-electron chi connectivity index (χ0n) is 9.63. The number of aryl methyl sites for hydroxylation is 1. The van der Waals surface area contributed by atoms with Crippen LogP contribution < -0.4 is 0 Å². The Hall–Kier alpha value is -1.41. The molecule has 5 nitrogen and oxygen atoms in total. The summed E-state index contributed by atoms with van der Waals surface area (Å²) in [5, 5.41) is 13.2. The summed E-state index contributed by atoms with van der Waals surface area (Å²) in [4.78, 5) is 6.46. The maximum atomic E-state index is 9.00. The van der Waals surface area contributed by atoms with Gasteiger partial charge in [0.1, 0.15) is 12.2 Å². The van der Waals surface area contributed by atoms with E-state index in [1.165, 1.54) is 0 Å². The molecule has 0 N–H and O–H groups in total. The summed E-state index contributed by atoms with van der Waals surface area (Å²) in [6.45, 7) is 4.77. The normalized spacial score (nSPS) is 21.1. The lowest BCUT2D eigenvalue weighted by Crippen LogP contribution is -2.29. The molecule has 0 spiro atoms. The van der Waals surface area contributed by atoms with Crippen molar-refractivity contribution >= 4 is 0 Å². The lowest BCUT2D eigenvalue weighted by molar-refractivity contribution is 0.272. The quantitative estimate of drug-likeness (QED) is 0.763. The minimum Gasteiger partial charge on any atom is -0.281 e. The zero-order valence-corrected chi connectivity index (χ0v) is 9.63. The van der Waals surface area contributed by atoms with Gasteiger partial charge in [0.15, 0.2) is 0 Å². The summed E-state index contributed by atoms with van der Waals surface area (Å²) in [5.74, 6) is 0.976. The first kappa shape index (κ1) is 11.1. The Bertz CT molecular complexity index is 378. The van der Waals surface area contributed by atoms with Gasteiger partial charge < -0.3 is 0 Å². The van der Waals surface area contributed by atoms with Crippen molar-refractivity contribution in [1.29, 1.82) is 5.26 Å².